The average Bonchev–Trinajstić information content (AvgIpc) is 3.10. The van der Waals surface area contributed by atoms with Crippen LogP contribution >= 0.6 is 35.0 Å². The Balaban J connectivity index is 1.64. The predicted molar refractivity (Wildman–Crippen MR) is 121 cm³/mol. The first-order valence-electron chi connectivity index (χ1n) is 9.59. The summed E-state index contributed by atoms with van der Waals surface area (Å²) in [5, 5.41) is 2.23. The summed E-state index contributed by atoms with van der Waals surface area (Å²) < 4.78 is 0. The van der Waals surface area contributed by atoms with Crippen LogP contribution in [0.5, 0.6) is 0 Å². The van der Waals surface area contributed by atoms with Crippen LogP contribution in [0.4, 0.5) is 0 Å². The van der Waals surface area contributed by atoms with E-state index in [0.29, 0.717) is 10.8 Å². The third-order valence-electron chi connectivity index (χ3n) is 5.49. The molecule has 2 heterocycles. The van der Waals surface area contributed by atoms with Gasteiger partial charge in [0.15, 0.2) is 5.17 Å². The van der Waals surface area contributed by atoms with E-state index in [1.807, 2.05) is 53.4 Å². The van der Waals surface area contributed by atoms with Gasteiger partial charge in [-0.1, -0.05) is 59.2 Å². The molecule has 1 aliphatic carbocycles. The Hall–Kier alpha value is -2.01. The van der Waals surface area contributed by atoms with Gasteiger partial charge in [0.05, 0.1) is 17.5 Å². The number of allylic oxidation sites excluding steroid dienone is 1. The first kappa shape index (κ1) is 19.0. The zero-order valence-corrected chi connectivity index (χ0v) is 17.9. The third-order valence-corrected chi connectivity index (χ3v) is 6.93. The first-order chi connectivity index (χ1) is 14.1. The van der Waals surface area contributed by atoms with Crippen molar-refractivity contribution in [2.75, 3.05) is 5.75 Å². The monoisotopic (exact) mass is 440 g/mol. The smallest absolute Gasteiger partial charge is 0.239 e. The van der Waals surface area contributed by atoms with Gasteiger partial charge in [0.2, 0.25) is 5.91 Å². The number of carbonyl (C=O) groups is 1. The molecule has 0 radical (unpaired) electrons. The highest BCUT2D eigenvalue weighted by atomic mass is 35.5. The van der Waals surface area contributed by atoms with Crippen LogP contribution in [-0.2, 0) is 4.79 Å². The normalized spacial score (nSPS) is 22.6. The lowest BCUT2D eigenvalue weighted by atomic mass is 9.83. The molecule has 146 valence electrons. The molecule has 3 nitrogen and oxygen atoms in total. The van der Waals surface area contributed by atoms with Gasteiger partial charge in [-0.3, -0.25) is 9.69 Å². The van der Waals surface area contributed by atoms with Gasteiger partial charge in [-0.2, -0.15) is 0 Å². The van der Waals surface area contributed by atoms with E-state index in [4.69, 9.17) is 28.2 Å². The number of nitrogens with zero attached hydrogens (tertiary/aromatic N) is 2. The summed E-state index contributed by atoms with van der Waals surface area (Å²) in [4.78, 5) is 19.5. The molecule has 1 fully saturated rings. The van der Waals surface area contributed by atoms with Crippen LogP contribution < -0.4 is 0 Å². The van der Waals surface area contributed by atoms with Crippen LogP contribution in [0.2, 0.25) is 10.0 Å². The van der Waals surface area contributed by atoms with Crippen molar-refractivity contribution in [3.63, 3.8) is 0 Å². The summed E-state index contributed by atoms with van der Waals surface area (Å²) in [5.74, 6) is 0.564. The number of hydrogen-bond acceptors (Lipinski definition) is 3. The number of halogens is 2. The molecule has 6 heteroatoms. The zero-order valence-electron chi connectivity index (χ0n) is 15.6. The Kier molecular flexibility index (Phi) is 5.02. The highest BCUT2D eigenvalue weighted by molar-refractivity contribution is 8.15. The molecular weight excluding hydrogens is 423 g/mol. The number of amidine groups is 1. The fourth-order valence-electron chi connectivity index (χ4n) is 4.18. The van der Waals surface area contributed by atoms with E-state index >= 15 is 0 Å². The minimum Gasteiger partial charge on any atom is -0.279 e. The third kappa shape index (κ3) is 3.54. The van der Waals surface area contributed by atoms with Gasteiger partial charge < -0.3 is 0 Å². The molecule has 0 saturated carbocycles. The summed E-state index contributed by atoms with van der Waals surface area (Å²) in [6.07, 6.45) is 5.16. The number of amides is 1. The van der Waals surface area contributed by atoms with Crippen LogP contribution in [0.3, 0.4) is 0 Å². The fraction of sp³-hybridized carbons (Fsp3) is 0.217. The molecule has 2 aromatic carbocycles. The van der Waals surface area contributed by atoms with E-state index in [0.717, 1.165) is 46.3 Å². The van der Waals surface area contributed by atoms with Crippen LogP contribution in [0.1, 0.15) is 36.4 Å². The number of rotatable bonds is 2. The molecule has 5 rings (SSSR count). The Morgan fingerprint density at radius 2 is 1.69 bits per heavy atom. The van der Waals surface area contributed by atoms with Gasteiger partial charge in [-0.25, -0.2) is 4.99 Å². The molecule has 3 aliphatic rings. The zero-order chi connectivity index (χ0) is 20.0. The molecule has 1 saturated heterocycles. The van der Waals surface area contributed by atoms with Crippen molar-refractivity contribution in [3.8, 4) is 0 Å². The summed E-state index contributed by atoms with van der Waals surface area (Å²) in [5.41, 5.74) is 5.68. The van der Waals surface area contributed by atoms with Crippen molar-refractivity contribution >= 4 is 52.1 Å². The van der Waals surface area contributed by atoms with Gasteiger partial charge in [-0.05, 0) is 71.9 Å². The van der Waals surface area contributed by atoms with Crippen LogP contribution in [0.15, 0.2) is 70.4 Å². The molecule has 0 N–H and O–H groups in total. The second-order valence-electron chi connectivity index (χ2n) is 7.35. The van der Waals surface area contributed by atoms with E-state index in [-0.39, 0.29) is 11.9 Å². The second kappa shape index (κ2) is 7.67. The molecule has 29 heavy (non-hydrogen) atoms. The van der Waals surface area contributed by atoms with Crippen molar-refractivity contribution in [3.05, 3.63) is 86.5 Å². The number of benzene rings is 2. The summed E-state index contributed by atoms with van der Waals surface area (Å²) in [7, 11) is 0. The largest absolute Gasteiger partial charge is 0.279 e. The minimum atomic E-state index is -0.105. The predicted octanol–water partition coefficient (Wildman–Crippen LogP) is 6.50. The Bertz CT molecular complexity index is 1070. The molecule has 0 bridgehead atoms. The van der Waals surface area contributed by atoms with Crippen molar-refractivity contribution in [1.29, 1.82) is 0 Å². The SMILES string of the molecule is O=C1CSC2=NC3=C(CCC/C3=C\c3ccc(Cl)cc3)C(c3ccc(Cl)cc3)N12. The Morgan fingerprint density at radius 1 is 1.00 bits per heavy atom. The van der Waals surface area contributed by atoms with Crippen LogP contribution in [0.25, 0.3) is 6.08 Å². The highest BCUT2D eigenvalue weighted by Crippen LogP contribution is 2.47. The second-order valence-corrected chi connectivity index (χ2v) is 9.16. The quantitative estimate of drug-likeness (QED) is 0.533. The molecule has 0 spiro atoms. The maximum atomic E-state index is 12.7. The maximum absolute atomic E-state index is 12.7. The number of hydrogen-bond donors (Lipinski definition) is 0. The Morgan fingerprint density at radius 3 is 2.41 bits per heavy atom. The van der Waals surface area contributed by atoms with E-state index in [2.05, 4.69) is 6.08 Å². The van der Waals surface area contributed by atoms with Crippen molar-refractivity contribution < 1.29 is 4.79 Å². The fourth-order valence-corrected chi connectivity index (χ4v) is 5.33. The topological polar surface area (TPSA) is 32.7 Å². The number of fused-ring (bicyclic) bond motifs is 1. The number of thioether (sulfide) groups is 1. The van der Waals surface area contributed by atoms with Gasteiger partial charge in [-0.15, -0.1) is 0 Å². The molecular formula is C23H18Cl2N2OS. The lowest BCUT2D eigenvalue weighted by Gasteiger charge is -2.37. The van der Waals surface area contributed by atoms with E-state index in [1.54, 1.807) is 0 Å². The van der Waals surface area contributed by atoms with Crippen LogP contribution in [0, 0.1) is 0 Å². The minimum absolute atomic E-state index is 0.105. The lowest BCUT2D eigenvalue weighted by molar-refractivity contribution is -0.125. The first-order valence-corrected chi connectivity index (χ1v) is 11.3. The van der Waals surface area contributed by atoms with Crippen LogP contribution in [-0.4, -0.2) is 21.7 Å². The van der Waals surface area contributed by atoms with E-state index in [1.165, 1.54) is 22.9 Å². The van der Waals surface area contributed by atoms with Crippen molar-refractivity contribution in [2.24, 2.45) is 4.99 Å². The molecule has 0 aromatic heterocycles. The Labute approximate surface area is 184 Å². The van der Waals surface area contributed by atoms with E-state index < -0.39 is 0 Å². The summed E-state index contributed by atoms with van der Waals surface area (Å²) in [6.45, 7) is 0. The average molecular weight is 441 g/mol. The highest BCUT2D eigenvalue weighted by Gasteiger charge is 2.42. The molecule has 1 atom stereocenters. The molecule has 2 aliphatic heterocycles. The molecule has 2 aromatic rings. The van der Waals surface area contributed by atoms with Gasteiger partial charge in [0, 0.05) is 10.0 Å². The molecule has 1 amide bonds. The van der Waals surface area contributed by atoms with E-state index in [9.17, 15) is 4.79 Å². The number of carbonyl (C=O) groups excluding carboxylic acids is 1. The van der Waals surface area contributed by atoms with Crippen molar-refractivity contribution in [2.45, 2.75) is 25.3 Å². The maximum Gasteiger partial charge on any atom is 0.239 e. The molecule has 1 unspecified atom stereocenters. The summed E-state index contributed by atoms with van der Waals surface area (Å²) in [6, 6.07) is 15.6. The van der Waals surface area contributed by atoms with Gasteiger partial charge in [0.25, 0.3) is 0 Å². The summed E-state index contributed by atoms with van der Waals surface area (Å²) >= 11 is 13.7. The lowest BCUT2D eigenvalue weighted by Crippen LogP contribution is -2.38. The van der Waals surface area contributed by atoms with Crippen molar-refractivity contribution in [1.82, 2.24) is 4.90 Å². The number of aliphatic imine (C=N–C) groups is 1. The standard InChI is InChI=1S/C23H18Cl2N2OS/c24-17-8-4-14(5-9-17)12-16-2-1-3-19-21(16)26-23-27(20(28)13-29-23)22(19)15-6-10-18(25)11-7-15/h4-12,22H,1-3,13H2/b16-12+. The van der Waals surface area contributed by atoms with Gasteiger partial charge >= 0.3 is 0 Å². The van der Waals surface area contributed by atoms with Gasteiger partial charge in [0.1, 0.15) is 0 Å².